The number of likely N-dealkylation sites (tertiary alicyclic amines) is 1. The van der Waals surface area contributed by atoms with E-state index >= 15 is 0 Å². The van der Waals surface area contributed by atoms with Gasteiger partial charge in [0.05, 0.1) is 19.3 Å². The Morgan fingerprint density at radius 2 is 2.38 bits per heavy atom. The molecule has 2 fully saturated rings. The van der Waals surface area contributed by atoms with Gasteiger partial charge in [0.25, 0.3) is 0 Å². The zero-order chi connectivity index (χ0) is 9.26. The molecule has 2 nitrogen and oxygen atoms in total. The van der Waals surface area contributed by atoms with Gasteiger partial charge in [-0.1, -0.05) is 25.7 Å². The van der Waals surface area contributed by atoms with Crippen molar-refractivity contribution in [1.29, 1.82) is 0 Å². The molecule has 0 amide bonds. The van der Waals surface area contributed by atoms with Gasteiger partial charge in [0.2, 0.25) is 0 Å². The monoisotopic (exact) mass is 179 g/mol. The lowest BCUT2D eigenvalue weighted by atomic mass is 10.2. The van der Waals surface area contributed by atoms with Crippen LogP contribution in [0.4, 0.5) is 0 Å². The van der Waals surface area contributed by atoms with Crippen molar-refractivity contribution in [1.82, 2.24) is 4.90 Å². The summed E-state index contributed by atoms with van der Waals surface area (Å²) in [6.07, 6.45) is 1.73. The van der Waals surface area contributed by atoms with E-state index in [2.05, 4.69) is 30.6 Å². The van der Waals surface area contributed by atoms with Crippen LogP contribution in [0.2, 0.25) is 0 Å². The second-order valence-electron chi connectivity index (χ2n) is 4.25. The quantitative estimate of drug-likeness (QED) is 0.559. The summed E-state index contributed by atoms with van der Waals surface area (Å²) >= 11 is 0. The van der Waals surface area contributed by atoms with Crippen molar-refractivity contribution in [2.75, 3.05) is 19.7 Å². The Bertz CT molecular complexity index is 238. The molecule has 0 aromatic heterocycles. The predicted molar refractivity (Wildman–Crippen MR) is 52.3 cm³/mol. The summed E-state index contributed by atoms with van der Waals surface area (Å²) < 4.78 is 5.52. The van der Waals surface area contributed by atoms with Crippen molar-refractivity contribution in [3.05, 3.63) is 0 Å². The lowest BCUT2D eigenvalue weighted by molar-refractivity contribution is 0.0363. The third-order valence-electron chi connectivity index (χ3n) is 2.69. The van der Waals surface area contributed by atoms with Crippen LogP contribution < -0.4 is 0 Å². The molecule has 2 rings (SSSR count). The maximum Gasteiger partial charge on any atom is 0.0719 e. The van der Waals surface area contributed by atoms with Crippen molar-refractivity contribution in [2.45, 2.75) is 32.4 Å². The molecule has 13 heavy (non-hydrogen) atoms. The van der Waals surface area contributed by atoms with Crippen molar-refractivity contribution in [3.8, 4) is 11.8 Å². The second-order valence-corrected chi connectivity index (χ2v) is 4.25. The molecule has 0 N–H and O–H groups in total. The van der Waals surface area contributed by atoms with Crippen LogP contribution in [0.3, 0.4) is 0 Å². The molecule has 2 aliphatic heterocycles. The van der Waals surface area contributed by atoms with Crippen LogP contribution in [-0.4, -0.2) is 36.7 Å². The van der Waals surface area contributed by atoms with E-state index in [0.717, 1.165) is 19.7 Å². The van der Waals surface area contributed by atoms with Crippen LogP contribution in [0, 0.1) is 17.8 Å². The molecule has 0 spiro atoms. The number of fused-ring (bicyclic) bond motifs is 2. The number of rotatable bonds is 1. The fourth-order valence-corrected chi connectivity index (χ4v) is 2.02. The van der Waals surface area contributed by atoms with Crippen LogP contribution in [0.25, 0.3) is 0 Å². The highest BCUT2D eigenvalue weighted by Gasteiger charge is 2.38. The van der Waals surface area contributed by atoms with Crippen LogP contribution in [0.1, 0.15) is 20.3 Å². The number of ether oxygens (including phenoxy) is 1. The Kier molecular flexibility index (Phi) is 2.57. The molecule has 0 aromatic carbocycles. The first kappa shape index (κ1) is 9.05. The van der Waals surface area contributed by atoms with Crippen LogP contribution in [0.5, 0.6) is 0 Å². The Labute approximate surface area is 80.2 Å². The molecule has 2 saturated heterocycles. The summed E-state index contributed by atoms with van der Waals surface area (Å²) in [6, 6.07) is 0.659. The fraction of sp³-hybridized carbons (Fsp3) is 0.818. The Balaban J connectivity index is 1.81. The Hall–Kier alpha value is -0.520. The van der Waals surface area contributed by atoms with Crippen molar-refractivity contribution in [3.63, 3.8) is 0 Å². The highest BCUT2D eigenvalue weighted by atomic mass is 16.5. The summed E-state index contributed by atoms with van der Waals surface area (Å²) in [7, 11) is 0. The predicted octanol–water partition coefficient (Wildman–Crippen LogP) is 1.12. The van der Waals surface area contributed by atoms with Gasteiger partial charge in [-0.3, -0.25) is 4.90 Å². The zero-order valence-electron chi connectivity index (χ0n) is 8.42. The molecule has 0 aliphatic carbocycles. The molecule has 2 heteroatoms. The summed E-state index contributed by atoms with van der Waals surface area (Å²) in [6.45, 7) is 7.21. The third-order valence-corrected chi connectivity index (χ3v) is 2.69. The highest BCUT2D eigenvalue weighted by molar-refractivity contribution is 5.06. The van der Waals surface area contributed by atoms with Gasteiger partial charge in [0.1, 0.15) is 0 Å². The minimum atomic E-state index is 0.496. The van der Waals surface area contributed by atoms with Crippen LogP contribution >= 0.6 is 0 Å². The summed E-state index contributed by atoms with van der Waals surface area (Å²) in [5, 5.41) is 0. The van der Waals surface area contributed by atoms with E-state index in [0.29, 0.717) is 18.1 Å². The average molecular weight is 179 g/mol. The molecular weight excluding hydrogens is 162 g/mol. The molecule has 0 unspecified atom stereocenters. The molecule has 0 radical (unpaired) electrons. The third kappa shape index (κ3) is 2.04. The lowest BCUT2D eigenvalue weighted by Gasteiger charge is -2.24. The lowest BCUT2D eigenvalue weighted by Crippen LogP contribution is -2.37. The van der Waals surface area contributed by atoms with E-state index in [9.17, 15) is 0 Å². The topological polar surface area (TPSA) is 12.5 Å². The Morgan fingerprint density at radius 1 is 1.54 bits per heavy atom. The maximum atomic E-state index is 5.52. The van der Waals surface area contributed by atoms with E-state index in [1.807, 2.05) is 0 Å². The van der Waals surface area contributed by atoms with E-state index in [4.69, 9.17) is 4.74 Å². The first-order valence-corrected chi connectivity index (χ1v) is 5.09. The second kappa shape index (κ2) is 3.69. The molecule has 2 aliphatic rings. The first-order valence-electron chi connectivity index (χ1n) is 5.09. The number of nitrogens with zero attached hydrogens (tertiary/aromatic N) is 1. The molecule has 72 valence electrons. The normalized spacial score (nSPS) is 32.2. The highest BCUT2D eigenvalue weighted by Crippen LogP contribution is 2.26. The van der Waals surface area contributed by atoms with Gasteiger partial charge in [0, 0.05) is 18.5 Å². The van der Waals surface area contributed by atoms with Gasteiger partial charge in [-0.25, -0.2) is 0 Å². The molecular formula is C11H17NO. The minimum Gasteiger partial charge on any atom is -0.375 e. The van der Waals surface area contributed by atoms with Gasteiger partial charge in [0.15, 0.2) is 0 Å². The molecule has 2 atom stereocenters. The summed E-state index contributed by atoms with van der Waals surface area (Å²) in [5.74, 6) is 6.93. The average Bonchev–Trinajstić information content (AvgIpc) is 2.64. The summed E-state index contributed by atoms with van der Waals surface area (Å²) in [4.78, 5) is 2.45. The number of hydrogen-bond donors (Lipinski definition) is 0. The van der Waals surface area contributed by atoms with Crippen LogP contribution in [0.15, 0.2) is 0 Å². The Morgan fingerprint density at radius 3 is 2.92 bits per heavy atom. The molecule has 2 bridgehead atoms. The molecule has 0 aromatic rings. The van der Waals surface area contributed by atoms with Crippen molar-refractivity contribution < 1.29 is 4.74 Å². The number of morpholine rings is 1. The largest absolute Gasteiger partial charge is 0.375 e. The van der Waals surface area contributed by atoms with Gasteiger partial charge < -0.3 is 4.74 Å². The minimum absolute atomic E-state index is 0.496. The van der Waals surface area contributed by atoms with Gasteiger partial charge in [-0.05, 0) is 6.42 Å². The fourth-order valence-electron chi connectivity index (χ4n) is 2.02. The van der Waals surface area contributed by atoms with Gasteiger partial charge in [-0.2, -0.15) is 0 Å². The van der Waals surface area contributed by atoms with Crippen LogP contribution in [-0.2, 0) is 4.74 Å². The zero-order valence-corrected chi connectivity index (χ0v) is 8.42. The smallest absolute Gasteiger partial charge is 0.0719 e. The number of hydrogen-bond acceptors (Lipinski definition) is 2. The van der Waals surface area contributed by atoms with E-state index in [1.54, 1.807) is 0 Å². The van der Waals surface area contributed by atoms with Crippen molar-refractivity contribution in [2.24, 2.45) is 5.92 Å². The van der Waals surface area contributed by atoms with Gasteiger partial charge >= 0.3 is 0 Å². The summed E-state index contributed by atoms with van der Waals surface area (Å²) in [5.41, 5.74) is 0. The molecule has 2 heterocycles. The van der Waals surface area contributed by atoms with E-state index in [-0.39, 0.29) is 0 Å². The van der Waals surface area contributed by atoms with Gasteiger partial charge in [-0.15, -0.1) is 0 Å². The standard InChI is InChI=1S/C11H17NO/c1-9(2)4-3-5-12-7-11-6-10(12)8-13-11/h9-11H,5-8H2,1-2H3/t10-,11-/m1/s1. The molecule has 0 saturated carbocycles. The first-order chi connectivity index (χ1) is 6.25. The maximum absolute atomic E-state index is 5.52. The van der Waals surface area contributed by atoms with E-state index < -0.39 is 0 Å². The SMILES string of the molecule is CC(C)C#CCN1C[C@H]2C[C@@H]1CO2. The van der Waals surface area contributed by atoms with E-state index in [1.165, 1.54) is 6.42 Å². The van der Waals surface area contributed by atoms with Crippen molar-refractivity contribution >= 4 is 0 Å².